The molecule has 1 amide bonds. The Kier molecular flexibility index (Phi) is 4.54. The fraction of sp³-hybridized carbons (Fsp3) is 0.769. The van der Waals surface area contributed by atoms with Gasteiger partial charge >= 0.3 is 0 Å². The van der Waals surface area contributed by atoms with E-state index in [1.54, 1.807) is 0 Å². The van der Waals surface area contributed by atoms with E-state index in [9.17, 15) is 4.79 Å². The van der Waals surface area contributed by atoms with Crippen LogP contribution in [0.1, 0.15) is 27.2 Å². The largest absolute Gasteiger partial charge is 0.378 e. The van der Waals surface area contributed by atoms with Crippen molar-refractivity contribution >= 4 is 5.91 Å². The molecule has 0 saturated carbocycles. The highest BCUT2D eigenvalue weighted by Crippen LogP contribution is 2.33. The van der Waals surface area contributed by atoms with Crippen molar-refractivity contribution in [3.05, 3.63) is 12.7 Å². The average molecular weight is 225 g/mol. The van der Waals surface area contributed by atoms with Gasteiger partial charge in [-0.3, -0.25) is 4.79 Å². The van der Waals surface area contributed by atoms with Crippen molar-refractivity contribution < 1.29 is 9.53 Å². The lowest BCUT2D eigenvalue weighted by atomic mass is 9.75. The fourth-order valence-electron chi connectivity index (χ4n) is 1.97. The highest BCUT2D eigenvalue weighted by molar-refractivity contribution is 5.79. The number of allylic oxidation sites excluding steroid dienone is 1. The van der Waals surface area contributed by atoms with Gasteiger partial charge in [-0.1, -0.05) is 26.8 Å². The maximum Gasteiger partial charge on any atom is 0.226 e. The van der Waals surface area contributed by atoms with Crippen LogP contribution in [-0.2, 0) is 9.53 Å². The zero-order chi connectivity index (χ0) is 12.2. The first-order chi connectivity index (χ1) is 7.55. The van der Waals surface area contributed by atoms with Gasteiger partial charge in [0.1, 0.15) is 0 Å². The van der Waals surface area contributed by atoms with E-state index >= 15 is 0 Å². The van der Waals surface area contributed by atoms with Gasteiger partial charge in [0.15, 0.2) is 0 Å². The third kappa shape index (κ3) is 2.64. The fourth-order valence-corrected chi connectivity index (χ4v) is 1.97. The van der Waals surface area contributed by atoms with E-state index in [-0.39, 0.29) is 17.2 Å². The van der Waals surface area contributed by atoms with Crippen molar-refractivity contribution in [2.75, 3.05) is 26.3 Å². The summed E-state index contributed by atoms with van der Waals surface area (Å²) in [6.07, 6.45) is 2.85. The van der Waals surface area contributed by atoms with E-state index in [0.29, 0.717) is 13.2 Å². The van der Waals surface area contributed by atoms with E-state index < -0.39 is 0 Å². The summed E-state index contributed by atoms with van der Waals surface area (Å²) in [5.41, 5.74) is -0.102. The van der Waals surface area contributed by atoms with Crippen molar-refractivity contribution in [3.8, 4) is 0 Å². The summed E-state index contributed by atoms with van der Waals surface area (Å²) in [7, 11) is 0. The Morgan fingerprint density at radius 3 is 2.56 bits per heavy atom. The molecule has 0 aromatic rings. The third-order valence-corrected chi connectivity index (χ3v) is 3.91. The van der Waals surface area contributed by atoms with Gasteiger partial charge in [0.25, 0.3) is 0 Å². The molecule has 0 unspecified atom stereocenters. The zero-order valence-electron chi connectivity index (χ0n) is 10.7. The molecule has 3 heteroatoms. The number of hydrogen-bond donors (Lipinski definition) is 0. The molecule has 3 nitrogen and oxygen atoms in total. The maximum atomic E-state index is 12.3. The lowest BCUT2D eigenvalue weighted by Gasteiger charge is -2.36. The Labute approximate surface area is 98.5 Å². The highest BCUT2D eigenvalue weighted by Gasteiger charge is 2.34. The first-order valence-corrected chi connectivity index (χ1v) is 6.05. The van der Waals surface area contributed by atoms with E-state index in [4.69, 9.17) is 4.74 Å². The molecule has 1 rings (SSSR count). The van der Waals surface area contributed by atoms with Gasteiger partial charge in [-0.05, 0) is 11.8 Å². The van der Waals surface area contributed by atoms with Crippen molar-refractivity contribution in [2.45, 2.75) is 27.2 Å². The molecular formula is C13H23NO2. The first-order valence-electron chi connectivity index (χ1n) is 6.05. The minimum atomic E-state index is -0.102. The molecule has 1 aliphatic rings. The van der Waals surface area contributed by atoms with E-state index in [2.05, 4.69) is 20.4 Å². The molecule has 1 heterocycles. The molecule has 92 valence electrons. The second-order valence-electron chi connectivity index (χ2n) is 4.72. The second kappa shape index (κ2) is 5.48. The van der Waals surface area contributed by atoms with Crippen molar-refractivity contribution in [1.29, 1.82) is 0 Å². The van der Waals surface area contributed by atoms with Crippen LogP contribution in [0.5, 0.6) is 0 Å². The summed E-state index contributed by atoms with van der Waals surface area (Å²) in [4.78, 5) is 14.2. The topological polar surface area (TPSA) is 29.5 Å². The van der Waals surface area contributed by atoms with Crippen molar-refractivity contribution in [1.82, 2.24) is 4.90 Å². The standard InChI is InChI=1S/C13H23NO2/c1-5-13(4,6-2)11(3)12(15)14-7-9-16-10-8-14/h5,11H,1,6-10H2,2-4H3/t11-,13-/m0/s1. The van der Waals surface area contributed by atoms with Crippen LogP contribution in [0.25, 0.3) is 0 Å². The van der Waals surface area contributed by atoms with E-state index in [1.165, 1.54) is 0 Å². The Balaban J connectivity index is 2.68. The SMILES string of the molecule is C=C[C@@](C)(CC)[C@@H](C)C(=O)N1CCOCC1. The van der Waals surface area contributed by atoms with Crippen LogP contribution in [0.2, 0.25) is 0 Å². The molecule has 0 N–H and O–H groups in total. The van der Waals surface area contributed by atoms with Crippen LogP contribution in [0.15, 0.2) is 12.7 Å². The molecule has 2 atom stereocenters. The molecule has 0 spiro atoms. The predicted octanol–water partition coefficient (Wildman–Crippen LogP) is 2.08. The number of rotatable bonds is 4. The van der Waals surface area contributed by atoms with E-state index in [0.717, 1.165) is 19.5 Å². The molecular weight excluding hydrogens is 202 g/mol. The van der Waals surface area contributed by atoms with Gasteiger partial charge in [-0.15, -0.1) is 6.58 Å². The number of carbonyl (C=O) groups excluding carboxylic acids is 1. The summed E-state index contributed by atoms with van der Waals surface area (Å²) < 4.78 is 5.25. The Hall–Kier alpha value is -0.830. The van der Waals surface area contributed by atoms with Crippen LogP contribution in [0, 0.1) is 11.3 Å². The number of ether oxygens (including phenoxy) is 1. The minimum Gasteiger partial charge on any atom is -0.378 e. The number of nitrogens with zero attached hydrogens (tertiary/aromatic N) is 1. The smallest absolute Gasteiger partial charge is 0.226 e. The van der Waals surface area contributed by atoms with Gasteiger partial charge in [0.05, 0.1) is 13.2 Å². The third-order valence-electron chi connectivity index (χ3n) is 3.91. The number of hydrogen-bond acceptors (Lipinski definition) is 2. The highest BCUT2D eigenvalue weighted by atomic mass is 16.5. The molecule has 0 radical (unpaired) electrons. The van der Waals surface area contributed by atoms with Crippen LogP contribution in [-0.4, -0.2) is 37.1 Å². The van der Waals surface area contributed by atoms with Crippen LogP contribution in [0.4, 0.5) is 0 Å². The predicted molar refractivity (Wildman–Crippen MR) is 65.2 cm³/mol. The van der Waals surface area contributed by atoms with Crippen LogP contribution in [0.3, 0.4) is 0 Å². The number of amides is 1. The monoisotopic (exact) mass is 225 g/mol. The lowest BCUT2D eigenvalue weighted by molar-refractivity contribution is -0.142. The average Bonchev–Trinajstić information content (AvgIpc) is 2.37. The Bertz CT molecular complexity index is 259. The summed E-state index contributed by atoms with van der Waals surface area (Å²) in [6, 6.07) is 0. The Morgan fingerprint density at radius 2 is 2.12 bits per heavy atom. The maximum absolute atomic E-state index is 12.3. The quantitative estimate of drug-likeness (QED) is 0.686. The summed E-state index contributed by atoms with van der Waals surface area (Å²) in [5, 5.41) is 0. The Morgan fingerprint density at radius 1 is 1.56 bits per heavy atom. The molecule has 0 aromatic carbocycles. The first kappa shape index (κ1) is 13.2. The van der Waals surface area contributed by atoms with Gasteiger partial charge in [0.2, 0.25) is 5.91 Å². The molecule has 0 aromatic heterocycles. The molecule has 0 aliphatic carbocycles. The summed E-state index contributed by atoms with van der Waals surface area (Å²) in [5.74, 6) is 0.223. The van der Waals surface area contributed by atoms with Crippen molar-refractivity contribution in [2.24, 2.45) is 11.3 Å². The summed E-state index contributed by atoms with van der Waals surface area (Å²) in [6.45, 7) is 12.8. The van der Waals surface area contributed by atoms with Crippen LogP contribution >= 0.6 is 0 Å². The van der Waals surface area contributed by atoms with Crippen LogP contribution < -0.4 is 0 Å². The normalized spacial score (nSPS) is 22.3. The minimum absolute atomic E-state index is 0.00639. The molecule has 1 aliphatic heterocycles. The van der Waals surface area contributed by atoms with Crippen molar-refractivity contribution in [3.63, 3.8) is 0 Å². The molecule has 1 saturated heterocycles. The summed E-state index contributed by atoms with van der Waals surface area (Å²) >= 11 is 0. The van der Waals surface area contributed by atoms with Gasteiger partial charge in [-0.2, -0.15) is 0 Å². The number of carbonyl (C=O) groups is 1. The van der Waals surface area contributed by atoms with E-state index in [1.807, 2.05) is 17.9 Å². The molecule has 16 heavy (non-hydrogen) atoms. The number of morpholine rings is 1. The van der Waals surface area contributed by atoms with Gasteiger partial charge in [0, 0.05) is 19.0 Å². The van der Waals surface area contributed by atoms with Gasteiger partial charge in [-0.25, -0.2) is 0 Å². The molecule has 0 bridgehead atoms. The molecule has 1 fully saturated rings. The lowest BCUT2D eigenvalue weighted by Crippen LogP contribution is -2.46. The van der Waals surface area contributed by atoms with Gasteiger partial charge < -0.3 is 9.64 Å². The zero-order valence-corrected chi connectivity index (χ0v) is 10.7. The second-order valence-corrected chi connectivity index (χ2v) is 4.72.